The zero-order valence-corrected chi connectivity index (χ0v) is 9.86. The van der Waals surface area contributed by atoms with Gasteiger partial charge in [-0.2, -0.15) is 0 Å². The number of cyclic esters (lactones) is 1. The minimum atomic E-state index is -0.325. The predicted octanol–water partition coefficient (Wildman–Crippen LogP) is 2.88. The Bertz CT molecular complexity index is 381. The van der Waals surface area contributed by atoms with Gasteiger partial charge in [-0.3, -0.25) is 0 Å². The second kappa shape index (κ2) is 3.81. The van der Waals surface area contributed by atoms with Crippen LogP contribution < -0.4 is 5.32 Å². The van der Waals surface area contributed by atoms with Crippen molar-refractivity contribution in [1.29, 1.82) is 0 Å². The highest BCUT2D eigenvalue weighted by atomic mass is 16.6. The smallest absolute Gasteiger partial charge is 0.408 e. The van der Waals surface area contributed by atoms with Gasteiger partial charge in [0.25, 0.3) is 0 Å². The van der Waals surface area contributed by atoms with E-state index in [4.69, 9.17) is 4.74 Å². The maximum atomic E-state index is 11.4. The Kier molecular flexibility index (Phi) is 2.62. The lowest BCUT2D eigenvalue weighted by Crippen LogP contribution is -2.33. The largest absolute Gasteiger partial charge is 0.443 e. The zero-order chi connectivity index (χ0) is 11.8. The van der Waals surface area contributed by atoms with Crippen molar-refractivity contribution in [2.24, 2.45) is 5.41 Å². The molecule has 2 rings (SSSR count). The van der Waals surface area contributed by atoms with Gasteiger partial charge in [0.2, 0.25) is 0 Å². The molecule has 2 unspecified atom stereocenters. The van der Waals surface area contributed by atoms with Gasteiger partial charge in [-0.15, -0.1) is 0 Å². The van der Waals surface area contributed by atoms with Crippen LogP contribution in [0.3, 0.4) is 0 Å². The summed E-state index contributed by atoms with van der Waals surface area (Å²) in [5, 5.41) is 2.87. The van der Waals surface area contributed by atoms with E-state index in [1.165, 1.54) is 0 Å². The average molecular weight is 219 g/mol. The molecule has 0 saturated carbocycles. The first-order valence-electron chi connectivity index (χ1n) is 5.50. The minimum absolute atomic E-state index is 0.0475. The van der Waals surface area contributed by atoms with E-state index in [1.54, 1.807) is 0 Å². The fourth-order valence-electron chi connectivity index (χ4n) is 2.02. The summed E-state index contributed by atoms with van der Waals surface area (Å²) >= 11 is 0. The highest BCUT2D eigenvalue weighted by molar-refractivity contribution is 5.71. The van der Waals surface area contributed by atoms with E-state index in [2.05, 4.69) is 26.1 Å². The van der Waals surface area contributed by atoms with Gasteiger partial charge >= 0.3 is 6.09 Å². The number of carbonyl (C=O) groups excluding carboxylic acids is 1. The molecule has 16 heavy (non-hydrogen) atoms. The number of nitrogens with one attached hydrogen (secondary N) is 1. The fourth-order valence-corrected chi connectivity index (χ4v) is 2.02. The molecule has 1 aromatic rings. The minimum Gasteiger partial charge on any atom is -0.443 e. The zero-order valence-electron chi connectivity index (χ0n) is 9.86. The second-order valence-electron chi connectivity index (χ2n) is 5.22. The molecule has 2 atom stereocenters. The number of carbonyl (C=O) groups is 1. The standard InChI is InChI=1S/C13H17NO2/c1-13(2,3)11-10(14-12(15)16-11)9-7-5-4-6-8-9/h4-8,10-11H,1-3H3,(H,14,15). The molecular formula is C13H17NO2. The lowest BCUT2D eigenvalue weighted by atomic mass is 9.82. The molecule has 1 amide bonds. The van der Waals surface area contributed by atoms with Crippen LogP contribution >= 0.6 is 0 Å². The van der Waals surface area contributed by atoms with Crippen molar-refractivity contribution in [1.82, 2.24) is 5.32 Å². The molecule has 1 fully saturated rings. The van der Waals surface area contributed by atoms with E-state index in [1.807, 2.05) is 30.3 Å². The van der Waals surface area contributed by atoms with Gasteiger partial charge in [0.15, 0.2) is 0 Å². The highest BCUT2D eigenvalue weighted by Crippen LogP contribution is 2.36. The Labute approximate surface area is 95.8 Å². The quantitative estimate of drug-likeness (QED) is 0.788. The first-order valence-corrected chi connectivity index (χ1v) is 5.50. The summed E-state index contributed by atoms with van der Waals surface area (Å²) in [7, 11) is 0. The Morgan fingerprint density at radius 2 is 1.81 bits per heavy atom. The van der Waals surface area contributed by atoms with Crippen LogP contribution in [0.25, 0.3) is 0 Å². The number of alkyl carbamates (subject to hydrolysis) is 1. The molecule has 0 aromatic heterocycles. The predicted molar refractivity (Wildman–Crippen MR) is 62.0 cm³/mol. The fraction of sp³-hybridized carbons (Fsp3) is 0.462. The molecule has 3 nitrogen and oxygen atoms in total. The van der Waals surface area contributed by atoms with Crippen molar-refractivity contribution in [3.63, 3.8) is 0 Å². The summed E-state index contributed by atoms with van der Waals surface area (Å²) in [6.45, 7) is 6.23. The Morgan fingerprint density at radius 1 is 1.19 bits per heavy atom. The van der Waals surface area contributed by atoms with Crippen LogP contribution in [0.1, 0.15) is 32.4 Å². The SMILES string of the molecule is CC(C)(C)C1OC(=O)NC1c1ccccc1. The van der Waals surface area contributed by atoms with Gasteiger partial charge in [-0.05, 0) is 5.56 Å². The Balaban J connectivity index is 2.30. The van der Waals surface area contributed by atoms with Crippen LogP contribution in [-0.2, 0) is 4.74 Å². The van der Waals surface area contributed by atoms with E-state index in [9.17, 15) is 4.79 Å². The lowest BCUT2D eigenvalue weighted by Gasteiger charge is -2.29. The normalized spacial score (nSPS) is 25.1. The van der Waals surface area contributed by atoms with Gasteiger partial charge in [-0.1, -0.05) is 51.1 Å². The van der Waals surface area contributed by atoms with Crippen molar-refractivity contribution in [2.75, 3.05) is 0 Å². The maximum absolute atomic E-state index is 11.4. The molecule has 1 aliphatic rings. The second-order valence-corrected chi connectivity index (χ2v) is 5.22. The molecule has 0 aliphatic carbocycles. The summed E-state index contributed by atoms with van der Waals surface area (Å²) in [6, 6.07) is 9.89. The molecule has 1 N–H and O–H groups in total. The highest BCUT2D eigenvalue weighted by Gasteiger charge is 2.42. The molecule has 3 heteroatoms. The molecule has 0 spiro atoms. The molecule has 1 aliphatic heterocycles. The van der Waals surface area contributed by atoms with Gasteiger partial charge in [0.1, 0.15) is 6.10 Å². The molecule has 1 heterocycles. The van der Waals surface area contributed by atoms with E-state index >= 15 is 0 Å². The summed E-state index contributed by atoms with van der Waals surface area (Å²) < 4.78 is 5.34. The van der Waals surface area contributed by atoms with Crippen molar-refractivity contribution in [3.8, 4) is 0 Å². The van der Waals surface area contributed by atoms with Crippen molar-refractivity contribution < 1.29 is 9.53 Å². The third-order valence-electron chi connectivity index (χ3n) is 2.82. The molecule has 0 bridgehead atoms. The third kappa shape index (κ3) is 2.03. The van der Waals surface area contributed by atoms with Crippen LogP contribution in [0.4, 0.5) is 4.79 Å². The number of hydrogen-bond acceptors (Lipinski definition) is 2. The van der Waals surface area contributed by atoms with E-state index in [0.717, 1.165) is 5.56 Å². The molecular weight excluding hydrogens is 202 g/mol. The van der Waals surface area contributed by atoms with Crippen LogP contribution in [0.2, 0.25) is 0 Å². The number of ether oxygens (including phenoxy) is 1. The first kappa shape index (κ1) is 11.0. The Hall–Kier alpha value is -1.51. The maximum Gasteiger partial charge on any atom is 0.408 e. The van der Waals surface area contributed by atoms with Crippen molar-refractivity contribution in [2.45, 2.75) is 32.9 Å². The van der Waals surface area contributed by atoms with Crippen molar-refractivity contribution in [3.05, 3.63) is 35.9 Å². The monoisotopic (exact) mass is 219 g/mol. The average Bonchev–Trinajstić information content (AvgIpc) is 2.61. The van der Waals surface area contributed by atoms with Crippen LogP contribution in [-0.4, -0.2) is 12.2 Å². The molecule has 0 radical (unpaired) electrons. The van der Waals surface area contributed by atoms with Gasteiger partial charge in [0.05, 0.1) is 6.04 Å². The lowest BCUT2D eigenvalue weighted by molar-refractivity contribution is 0.0558. The van der Waals surface area contributed by atoms with Crippen molar-refractivity contribution >= 4 is 6.09 Å². The molecule has 1 aromatic carbocycles. The topological polar surface area (TPSA) is 38.3 Å². The number of hydrogen-bond donors (Lipinski definition) is 1. The van der Waals surface area contributed by atoms with E-state index < -0.39 is 0 Å². The third-order valence-corrected chi connectivity index (χ3v) is 2.82. The van der Waals surface area contributed by atoms with Crippen LogP contribution in [0, 0.1) is 5.41 Å². The summed E-state index contributed by atoms with van der Waals surface area (Å²) in [5.41, 5.74) is 1.02. The van der Waals surface area contributed by atoms with E-state index in [0.29, 0.717) is 0 Å². The van der Waals surface area contributed by atoms with Gasteiger partial charge in [0, 0.05) is 5.41 Å². The molecule has 86 valence electrons. The van der Waals surface area contributed by atoms with Gasteiger partial charge < -0.3 is 10.1 Å². The number of benzene rings is 1. The Morgan fingerprint density at radius 3 is 2.38 bits per heavy atom. The summed E-state index contributed by atoms with van der Waals surface area (Å²) in [4.78, 5) is 11.4. The number of rotatable bonds is 1. The van der Waals surface area contributed by atoms with Crippen LogP contribution in [0.15, 0.2) is 30.3 Å². The summed E-state index contributed by atoms with van der Waals surface area (Å²) in [6.07, 6.45) is -0.448. The van der Waals surface area contributed by atoms with Crippen LogP contribution in [0.5, 0.6) is 0 Å². The molecule has 1 saturated heterocycles. The van der Waals surface area contributed by atoms with Gasteiger partial charge in [-0.25, -0.2) is 4.79 Å². The van der Waals surface area contributed by atoms with E-state index in [-0.39, 0.29) is 23.7 Å². The summed E-state index contributed by atoms with van der Waals surface area (Å²) in [5.74, 6) is 0. The number of amides is 1. The first-order chi connectivity index (χ1) is 7.48.